The SMILES string of the molecule is CC1[CH]CC(n2cc(Br)cn2)CC1. The smallest absolute Gasteiger partial charge is 0.0632 e. The summed E-state index contributed by atoms with van der Waals surface area (Å²) in [5.41, 5.74) is 0. The van der Waals surface area contributed by atoms with Crippen LogP contribution in [0.1, 0.15) is 32.2 Å². The molecule has 1 aromatic heterocycles. The van der Waals surface area contributed by atoms with E-state index in [1.807, 2.05) is 6.20 Å². The second kappa shape index (κ2) is 3.82. The average molecular weight is 242 g/mol. The molecule has 13 heavy (non-hydrogen) atoms. The van der Waals surface area contributed by atoms with Crippen molar-refractivity contribution in [2.45, 2.75) is 32.2 Å². The van der Waals surface area contributed by atoms with E-state index >= 15 is 0 Å². The first-order valence-electron chi connectivity index (χ1n) is 4.78. The Balaban J connectivity index is 2.02. The summed E-state index contributed by atoms with van der Waals surface area (Å²) in [5, 5.41) is 4.31. The summed E-state index contributed by atoms with van der Waals surface area (Å²) in [6.07, 6.45) is 10.0. The summed E-state index contributed by atoms with van der Waals surface area (Å²) in [6, 6.07) is 0.586. The van der Waals surface area contributed by atoms with Gasteiger partial charge in [-0.2, -0.15) is 5.10 Å². The monoisotopic (exact) mass is 241 g/mol. The molecule has 2 nitrogen and oxygen atoms in total. The predicted octanol–water partition coefficient (Wildman–Crippen LogP) is 3.21. The molecule has 0 N–H and O–H groups in total. The van der Waals surface area contributed by atoms with Crippen LogP contribution >= 0.6 is 15.9 Å². The minimum atomic E-state index is 0.586. The Hall–Kier alpha value is -0.310. The van der Waals surface area contributed by atoms with Crippen molar-refractivity contribution in [2.24, 2.45) is 5.92 Å². The Morgan fingerprint density at radius 3 is 2.92 bits per heavy atom. The van der Waals surface area contributed by atoms with Crippen LogP contribution in [0.2, 0.25) is 0 Å². The summed E-state index contributed by atoms with van der Waals surface area (Å²) in [6.45, 7) is 2.29. The molecule has 71 valence electrons. The standard InChI is InChI=1S/C10H14BrN2/c1-8-2-4-10(5-3-8)13-7-9(11)6-12-13/h2,6-8,10H,3-5H2,1H3. The number of halogens is 1. The van der Waals surface area contributed by atoms with Gasteiger partial charge in [0.2, 0.25) is 0 Å². The first-order valence-corrected chi connectivity index (χ1v) is 5.58. The molecular weight excluding hydrogens is 228 g/mol. The van der Waals surface area contributed by atoms with Crippen molar-refractivity contribution in [3.63, 3.8) is 0 Å². The maximum Gasteiger partial charge on any atom is 0.0632 e. The highest BCUT2D eigenvalue weighted by Crippen LogP contribution is 2.30. The van der Waals surface area contributed by atoms with Crippen LogP contribution in [0.4, 0.5) is 0 Å². The molecular formula is C10H14BrN2. The van der Waals surface area contributed by atoms with Crippen LogP contribution in [0.15, 0.2) is 16.9 Å². The van der Waals surface area contributed by atoms with Crippen LogP contribution in [-0.2, 0) is 0 Å². The summed E-state index contributed by atoms with van der Waals surface area (Å²) in [5.74, 6) is 0.787. The zero-order chi connectivity index (χ0) is 9.26. The zero-order valence-corrected chi connectivity index (χ0v) is 9.37. The van der Waals surface area contributed by atoms with Crippen LogP contribution in [0, 0.1) is 12.3 Å². The van der Waals surface area contributed by atoms with Gasteiger partial charge in [-0.05, 0) is 47.5 Å². The lowest BCUT2D eigenvalue weighted by atomic mass is 9.87. The van der Waals surface area contributed by atoms with Gasteiger partial charge in [0.1, 0.15) is 0 Å². The minimum absolute atomic E-state index is 0.586. The molecule has 2 rings (SSSR count). The first kappa shape index (κ1) is 9.25. The van der Waals surface area contributed by atoms with E-state index in [0.29, 0.717) is 6.04 Å². The molecule has 2 atom stereocenters. The van der Waals surface area contributed by atoms with Gasteiger partial charge in [-0.15, -0.1) is 0 Å². The minimum Gasteiger partial charge on any atom is -0.269 e. The van der Waals surface area contributed by atoms with Crippen LogP contribution in [0.25, 0.3) is 0 Å². The molecule has 0 bridgehead atoms. The number of aromatic nitrogens is 2. The van der Waals surface area contributed by atoms with Gasteiger partial charge < -0.3 is 0 Å². The topological polar surface area (TPSA) is 17.8 Å². The van der Waals surface area contributed by atoms with Crippen molar-refractivity contribution < 1.29 is 0 Å². The van der Waals surface area contributed by atoms with Gasteiger partial charge in [0.25, 0.3) is 0 Å². The third-order valence-electron chi connectivity index (χ3n) is 2.71. The fourth-order valence-corrected chi connectivity index (χ4v) is 2.14. The van der Waals surface area contributed by atoms with E-state index in [9.17, 15) is 0 Å². The van der Waals surface area contributed by atoms with Crippen molar-refractivity contribution in [1.29, 1.82) is 0 Å². The van der Waals surface area contributed by atoms with E-state index in [4.69, 9.17) is 0 Å². The predicted molar refractivity (Wildman–Crippen MR) is 56.3 cm³/mol. The molecule has 1 radical (unpaired) electrons. The Kier molecular flexibility index (Phi) is 2.72. The van der Waals surface area contributed by atoms with Gasteiger partial charge in [-0.3, -0.25) is 4.68 Å². The first-order chi connectivity index (χ1) is 6.25. The summed E-state index contributed by atoms with van der Waals surface area (Å²) >= 11 is 3.42. The van der Waals surface area contributed by atoms with E-state index < -0.39 is 0 Å². The van der Waals surface area contributed by atoms with Crippen LogP contribution in [0.3, 0.4) is 0 Å². The Morgan fingerprint density at radius 2 is 2.38 bits per heavy atom. The van der Waals surface area contributed by atoms with Crippen LogP contribution in [-0.4, -0.2) is 9.78 Å². The average Bonchev–Trinajstić information content (AvgIpc) is 2.53. The molecule has 0 aliphatic heterocycles. The third kappa shape index (κ3) is 2.13. The van der Waals surface area contributed by atoms with E-state index in [2.05, 4.69) is 45.3 Å². The van der Waals surface area contributed by atoms with Crippen molar-refractivity contribution in [3.05, 3.63) is 23.3 Å². The third-order valence-corrected chi connectivity index (χ3v) is 3.12. The fraction of sp³-hybridized carbons (Fsp3) is 0.600. The largest absolute Gasteiger partial charge is 0.269 e. The highest BCUT2D eigenvalue weighted by molar-refractivity contribution is 9.10. The molecule has 1 fully saturated rings. The maximum atomic E-state index is 4.31. The quantitative estimate of drug-likeness (QED) is 0.739. The lowest BCUT2D eigenvalue weighted by Crippen LogP contribution is -2.17. The van der Waals surface area contributed by atoms with E-state index in [-0.39, 0.29) is 0 Å². The molecule has 1 aliphatic rings. The van der Waals surface area contributed by atoms with E-state index in [1.54, 1.807) is 0 Å². The number of rotatable bonds is 1. The highest BCUT2D eigenvalue weighted by atomic mass is 79.9. The van der Waals surface area contributed by atoms with Crippen molar-refractivity contribution in [3.8, 4) is 0 Å². The molecule has 2 unspecified atom stereocenters. The molecule has 1 heterocycles. The van der Waals surface area contributed by atoms with Crippen molar-refractivity contribution >= 4 is 15.9 Å². The van der Waals surface area contributed by atoms with E-state index in [1.165, 1.54) is 12.8 Å². The Morgan fingerprint density at radius 1 is 1.54 bits per heavy atom. The zero-order valence-electron chi connectivity index (χ0n) is 7.78. The summed E-state index contributed by atoms with van der Waals surface area (Å²) in [4.78, 5) is 0. The summed E-state index contributed by atoms with van der Waals surface area (Å²) < 4.78 is 3.15. The van der Waals surface area contributed by atoms with Gasteiger partial charge >= 0.3 is 0 Å². The lowest BCUT2D eigenvalue weighted by Gasteiger charge is -2.25. The maximum absolute atomic E-state index is 4.31. The van der Waals surface area contributed by atoms with Gasteiger partial charge in [-0.1, -0.05) is 6.92 Å². The highest BCUT2D eigenvalue weighted by Gasteiger charge is 2.19. The number of nitrogens with zero attached hydrogens (tertiary/aromatic N) is 2. The molecule has 3 heteroatoms. The molecule has 1 aliphatic carbocycles. The lowest BCUT2D eigenvalue weighted by molar-refractivity contribution is 0.330. The second-order valence-corrected chi connectivity index (χ2v) is 4.73. The molecule has 1 saturated carbocycles. The Labute approximate surface area is 87.5 Å². The molecule has 0 saturated heterocycles. The molecule has 0 amide bonds. The molecule has 0 spiro atoms. The normalized spacial score (nSPS) is 29.1. The van der Waals surface area contributed by atoms with Crippen molar-refractivity contribution in [2.75, 3.05) is 0 Å². The second-order valence-electron chi connectivity index (χ2n) is 3.82. The Bertz CT molecular complexity index is 274. The van der Waals surface area contributed by atoms with Crippen molar-refractivity contribution in [1.82, 2.24) is 9.78 Å². The number of hydrogen-bond acceptors (Lipinski definition) is 1. The molecule has 1 aromatic rings. The molecule has 0 aromatic carbocycles. The van der Waals surface area contributed by atoms with Gasteiger partial charge in [0, 0.05) is 6.20 Å². The van der Waals surface area contributed by atoms with Gasteiger partial charge in [0.15, 0.2) is 0 Å². The van der Waals surface area contributed by atoms with Gasteiger partial charge in [0.05, 0.1) is 16.7 Å². The summed E-state index contributed by atoms with van der Waals surface area (Å²) in [7, 11) is 0. The van der Waals surface area contributed by atoms with E-state index in [0.717, 1.165) is 16.8 Å². The fourth-order valence-electron chi connectivity index (χ4n) is 1.84. The van der Waals surface area contributed by atoms with Gasteiger partial charge in [-0.25, -0.2) is 0 Å². The number of hydrogen-bond donors (Lipinski definition) is 0. The van der Waals surface area contributed by atoms with Crippen LogP contribution < -0.4 is 0 Å². The van der Waals surface area contributed by atoms with Crippen LogP contribution in [0.5, 0.6) is 0 Å².